The molecule has 0 amide bonds. The summed E-state index contributed by atoms with van der Waals surface area (Å²) >= 11 is 6.24. The Hall–Kier alpha value is -2.01. The molecule has 20 heavy (non-hydrogen) atoms. The minimum atomic E-state index is -0.176. The van der Waals surface area contributed by atoms with Gasteiger partial charge in [0.25, 0.3) is 0 Å². The molecule has 3 rings (SSSR count). The minimum absolute atomic E-state index is 0.176. The Labute approximate surface area is 121 Å². The van der Waals surface area contributed by atoms with Gasteiger partial charge in [-0.1, -0.05) is 0 Å². The second-order valence-electron chi connectivity index (χ2n) is 4.63. The largest absolute Gasteiger partial charge is 0.321 e. The van der Waals surface area contributed by atoms with E-state index in [-0.39, 0.29) is 5.38 Å². The number of pyridine rings is 1. The predicted molar refractivity (Wildman–Crippen MR) is 77.7 cm³/mol. The molecule has 0 spiro atoms. The number of hydrogen-bond acceptors (Lipinski definition) is 4. The zero-order valence-corrected chi connectivity index (χ0v) is 12.0. The lowest BCUT2D eigenvalue weighted by Crippen LogP contribution is -2.08. The Balaban J connectivity index is 2.11. The quantitative estimate of drug-likeness (QED) is 0.695. The van der Waals surface area contributed by atoms with E-state index in [1.807, 2.05) is 26.0 Å². The Morgan fingerprint density at radius 1 is 1.25 bits per heavy atom. The summed E-state index contributed by atoms with van der Waals surface area (Å²) in [5.74, 6) is 1.58. The molecule has 3 heterocycles. The summed E-state index contributed by atoms with van der Waals surface area (Å²) in [6, 6.07) is 3.85. The van der Waals surface area contributed by atoms with Crippen molar-refractivity contribution in [3.8, 4) is 0 Å². The van der Waals surface area contributed by atoms with Crippen LogP contribution in [0.3, 0.4) is 0 Å². The molecule has 102 valence electrons. The summed E-state index contributed by atoms with van der Waals surface area (Å²) in [4.78, 5) is 17.2. The fourth-order valence-corrected chi connectivity index (χ4v) is 2.39. The van der Waals surface area contributed by atoms with Gasteiger partial charge in [-0.25, -0.2) is 15.0 Å². The standard InChI is InChI=1S/C14H14ClN5/c1-9(15)14-19-12-7-16-5-4-13(12)20(14)8-11-3-6-17-10(2)18-11/h3-7,9H,8H2,1-2H3. The fraction of sp³-hybridized carbons (Fsp3) is 0.286. The van der Waals surface area contributed by atoms with Crippen molar-refractivity contribution in [2.45, 2.75) is 25.8 Å². The van der Waals surface area contributed by atoms with Crippen LogP contribution in [-0.2, 0) is 6.54 Å². The van der Waals surface area contributed by atoms with Crippen LogP contribution in [0, 0.1) is 6.92 Å². The lowest BCUT2D eigenvalue weighted by Gasteiger charge is -2.10. The number of aryl methyl sites for hydroxylation is 1. The van der Waals surface area contributed by atoms with Crippen LogP contribution in [0.15, 0.2) is 30.7 Å². The topological polar surface area (TPSA) is 56.5 Å². The van der Waals surface area contributed by atoms with E-state index in [4.69, 9.17) is 11.6 Å². The van der Waals surface area contributed by atoms with E-state index >= 15 is 0 Å². The molecule has 0 saturated carbocycles. The number of alkyl halides is 1. The lowest BCUT2D eigenvalue weighted by atomic mass is 10.3. The highest BCUT2D eigenvalue weighted by Crippen LogP contribution is 2.24. The van der Waals surface area contributed by atoms with Gasteiger partial charge in [0.1, 0.15) is 17.2 Å². The van der Waals surface area contributed by atoms with Gasteiger partial charge in [-0.15, -0.1) is 11.6 Å². The van der Waals surface area contributed by atoms with Gasteiger partial charge < -0.3 is 4.57 Å². The molecule has 3 aromatic rings. The molecule has 0 aromatic carbocycles. The number of nitrogens with zero attached hydrogens (tertiary/aromatic N) is 5. The van der Waals surface area contributed by atoms with Gasteiger partial charge in [0.15, 0.2) is 0 Å². The van der Waals surface area contributed by atoms with Gasteiger partial charge in [0.2, 0.25) is 0 Å². The maximum absolute atomic E-state index is 6.24. The van der Waals surface area contributed by atoms with Crippen molar-refractivity contribution in [3.63, 3.8) is 0 Å². The predicted octanol–water partition coefficient (Wildman–Crippen LogP) is 2.88. The summed E-state index contributed by atoms with van der Waals surface area (Å²) in [5, 5.41) is -0.176. The van der Waals surface area contributed by atoms with Gasteiger partial charge >= 0.3 is 0 Å². The van der Waals surface area contributed by atoms with E-state index in [0.717, 1.165) is 28.4 Å². The Morgan fingerprint density at radius 3 is 2.85 bits per heavy atom. The Kier molecular flexibility index (Phi) is 3.36. The average molecular weight is 288 g/mol. The SMILES string of the molecule is Cc1nccc(Cn2c(C(C)Cl)nc3cnccc32)n1. The number of rotatable bonds is 3. The van der Waals surface area contributed by atoms with Crippen molar-refractivity contribution in [2.75, 3.05) is 0 Å². The third-order valence-corrected chi connectivity index (χ3v) is 3.28. The van der Waals surface area contributed by atoms with Crippen LogP contribution in [0.25, 0.3) is 11.0 Å². The molecule has 1 atom stereocenters. The molecule has 0 aliphatic rings. The van der Waals surface area contributed by atoms with Crippen molar-refractivity contribution in [3.05, 3.63) is 48.1 Å². The maximum Gasteiger partial charge on any atom is 0.128 e. The van der Waals surface area contributed by atoms with Crippen LogP contribution in [0.4, 0.5) is 0 Å². The van der Waals surface area contributed by atoms with E-state index in [1.54, 1.807) is 18.6 Å². The van der Waals surface area contributed by atoms with Crippen LogP contribution in [0.5, 0.6) is 0 Å². The Bertz CT molecular complexity index is 750. The zero-order chi connectivity index (χ0) is 14.1. The van der Waals surface area contributed by atoms with Crippen molar-refractivity contribution in [2.24, 2.45) is 0 Å². The van der Waals surface area contributed by atoms with Crippen molar-refractivity contribution < 1.29 is 0 Å². The number of aromatic nitrogens is 5. The molecular weight excluding hydrogens is 274 g/mol. The molecular formula is C14H14ClN5. The van der Waals surface area contributed by atoms with E-state index in [0.29, 0.717) is 6.54 Å². The van der Waals surface area contributed by atoms with Crippen LogP contribution in [0.1, 0.15) is 29.6 Å². The van der Waals surface area contributed by atoms with E-state index < -0.39 is 0 Å². The summed E-state index contributed by atoms with van der Waals surface area (Å²) in [6.07, 6.45) is 5.27. The molecule has 0 saturated heterocycles. The van der Waals surface area contributed by atoms with Crippen molar-refractivity contribution in [1.29, 1.82) is 0 Å². The summed E-state index contributed by atoms with van der Waals surface area (Å²) in [6.45, 7) is 4.42. The van der Waals surface area contributed by atoms with Crippen LogP contribution in [-0.4, -0.2) is 24.5 Å². The molecule has 0 aliphatic carbocycles. The second kappa shape index (κ2) is 5.17. The first-order valence-corrected chi connectivity index (χ1v) is 6.81. The number of hydrogen-bond donors (Lipinski definition) is 0. The second-order valence-corrected chi connectivity index (χ2v) is 5.29. The summed E-state index contributed by atoms with van der Waals surface area (Å²) in [5.41, 5.74) is 2.80. The first-order valence-electron chi connectivity index (χ1n) is 6.38. The summed E-state index contributed by atoms with van der Waals surface area (Å²) < 4.78 is 2.08. The summed E-state index contributed by atoms with van der Waals surface area (Å²) in [7, 11) is 0. The Morgan fingerprint density at radius 2 is 2.10 bits per heavy atom. The highest BCUT2D eigenvalue weighted by Gasteiger charge is 2.15. The number of halogens is 1. The van der Waals surface area contributed by atoms with Crippen LogP contribution >= 0.6 is 11.6 Å². The van der Waals surface area contributed by atoms with Crippen molar-refractivity contribution in [1.82, 2.24) is 24.5 Å². The smallest absolute Gasteiger partial charge is 0.128 e. The minimum Gasteiger partial charge on any atom is -0.321 e. The highest BCUT2D eigenvalue weighted by molar-refractivity contribution is 6.20. The molecule has 0 bridgehead atoms. The average Bonchev–Trinajstić information content (AvgIpc) is 2.78. The molecule has 1 unspecified atom stereocenters. The van der Waals surface area contributed by atoms with Gasteiger partial charge in [-0.2, -0.15) is 0 Å². The first kappa shape index (κ1) is 13.0. The highest BCUT2D eigenvalue weighted by atomic mass is 35.5. The van der Waals surface area contributed by atoms with E-state index in [2.05, 4.69) is 24.5 Å². The van der Waals surface area contributed by atoms with E-state index in [9.17, 15) is 0 Å². The number of fused-ring (bicyclic) bond motifs is 1. The normalized spacial score (nSPS) is 12.8. The molecule has 0 radical (unpaired) electrons. The van der Waals surface area contributed by atoms with Gasteiger partial charge in [-0.05, 0) is 26.0 Å². The first-order chi connectivity index (χ1) is 9.65. The van der Waals surface area contributed by atoms with Crippen molar-refractivity contribution >= 4 is 22.6 Å². The molecule has 0 N–H and O–H groups in total. The molecule has 5 nitrogen and oxygen atoms in total. The van der Waals surface area contributed by atoms with Gasteiger partial charge in [-0.3, -0.25) is 4.98 Å². The van der Waals surface area contributed by atoms with E-state index in [1.165, 1.54) is 0 Å². The molecule has 0 aliphatic heterocycles. The lowest BCUT2D eigenvalue weighted by molar-refractivity contribution is 0.721. The van der Waals surface area contributed by atoms with Gasteiger partial charge in [0.05, 0.1) is 29.3 Å². The fourth-order valence-electron chi connectivity index (χ4n) is 2.23. The van der Waals surface area contributed by atoms with Crippen LogP contribution < -0.4 is 0 Å². The maximum atomic E-state index is 6.24. The third-order valence-electron chi connectivity index (χ3n) is 3.09. The molecule has 0 fully saturated rings. The zero-order valence-electron chi connectivity index (χ0n) is 11.3. The number of imidazole rings is 1. The van der Waals surface area contributed by atoms with Gasteiger partial charge in [0, 0.05) is 12.4 Å². The third kappa shape index (κ3) is 2.36. The monoisotopic (exact) mass is 287 g/mol. The van der Waals surface area contributed by atoms with Crippen LogP contribution in [0.2, 0.25) is 0 Å². The molecule has 3 aromatic heterocycles. The molecule has 6 heteroatoms.